The molecule has 1 fully saturated rings. The highest BCUT2D eigenvalue weighted by Crippen LogP contribution is 2.28. The molecule has 1 amide bonds. The van der Waals surface area contributed by atoms with Gasteiger partial charge in [-0.3, -0.25) is 4.79 Å². The molecular formula is C24H30N3O3+. The zero-order valence-electron chi connectivity index (χ0n) is 17.7. The smallest absolute Gasteiger partial charge is 0.275 e. The summed E-state index contributed by atoms with van der Waals surface area (Å²) in [6.07, 6.45) is 0. The maximum absolute atomic E-state index is 12.6. The first kappa shape index (κ1) is 20.3. The van der Waals surface area contributed by atoms with Crippen molar-refractivity contribution in [2.75, 3.05) is 44.2 Å². The van der Waals surface area contributed by atoms with Gasteiger partial charge in [0.15, 0.2) is 6.54 Å². The number of benzene rings is 2. The molecule has 2 N–H and O–H groups in total. The highest BCUT2D eigenvalue weighted by atomic mass is 16.5. The molecule has 1 aliphatic rings. The molecule has 3 aromatic rings. The Morgan fingerprint density at radius 2 is 1.90 bits per heavy atom. The first-order valence-electron chi connectivity index (χ1n) is 10.7. The SMILES string of the molecule is CCOc1ccccc1N1CC[NH+](CC(=O)N[C@H](C)c2cc3ccccc3o2)CC1. The molecule has 30 heavy (non-hydrogen) atoms. The van der Waals surface area contributed by atoms with Crippen LogP contribution in [0.1, 0.15) is 25.6 Å². The second-order valence-corrected chi connectivity index (χ2v) is 7.79. The van der Waals surface area contributed by atoms with Gasteiger partial charge in [-0.25, -0.2) is 0 Å². The summed E-state index contributed by atoms with van der Waals surface area (Å²) in [5.41, 5.74) is 1.99. The molecule has 0 bridgehead atoms. The third kappa shape index (κ3) is 4.60. The third-order valence-corrected chi connectivity index (χ3v) is 5.64. The molecule has 0 spiro atoms. The highest BCUT2D eigenvalue weighted by molar-refractivity contribution is 5.79. The molecule has 158 valence electrons. The van der Waals surface area contributed by atoms with Gasteiger partial charge in [0.25, 0.3) is 5.91 Å². The van der Waals surface area contributed by atoms with E-state index in [2.05, 4.69) is 16.3 Å². The largest absolute Gasteiger partial charge is 0.492 e. The summed E-state index contributed by atoms with van der Waals surface area (Å²) in [5.74, 6) is 1.78. The minimum Gasteiger partial charge on any atom is -0.492 e. The number of ether oxygens (including phenoxy) is 1. The quantitative estimate of drug-likeness (QED) is 0.630. The van der Waals surface area contributed by atoms with Gasteiger partial charge in [0.2, 0.25) is 0 Å². The van der Waals surface area contributed by atoms with E-state index < -0.39 is 0 Å². The summed E-state index contributed by atoms with van der Waals surface area (Å²) in [5, 5.41) is 4.14. The van der Waals surface area contributed by atoms with Crippen LogP contribution in [0.2, 0.25) is 0 Å². The molecule has 1 aromatic heterocycles. The number of para-hydroxylation sites is 3. The van der Waals surface area contributed by atoms with Crippen molar-refractivity contribution >= 4 is 22.6 Å². The van der Waals surface area contributed by atoms with E-state index in [0.717, 1.165) is 54.3 Å². The molecule has 0 unspecified atom stereocenters. The van der Waals surface area contributed by atoms with Gasteiger partial charge in [-0.15, -0.1) is 0 Å². The van der Waals surface area contributed by atoms with E-state index in [0.29, 0.717) is 13.2 Å². The second kappa shape index (κ2) is 9.22. The first-order valence-corrected chi connectivity index (χ1v) is 10.7. The van der Waals surface area contributed by atoms with Crippen LogP contribution in [0.4, 0.5) is 5.69 Å². The molecule has 1 aliphatic heterocycles. The molecule has 2 heterocycles. The second-order valence-electron chi connectivity index (χ2n) is 7.79. The topological polar surface area (TPSA) is 59.2 Å². The maximum atomic E-state index is 12.6. The van der Waals surface area contributed by atoms with Gasteiger partial charge >= 0.3 is 0 Å². The van der Waals surface area contributed by atoms with Crippen LogP contribution in [0.15, 0.2) is 59.0 Å². The van der Waals surface area contributed by atoms with Crippen LogP contribution in [0.5, 0.6) is 5.75 Å². The zero-order chi connectivity index (χ0) is 20.9. The van der Waals surface area contributed by atoms with Gasteiger partial charge in [-0.1, -0.05) is 30.3 Å². The van der Waals surface area contributed by atoms with Crippen molar-refractivity contribution in [1.29, 1.82) is 0 Å². The molecule has 6 heteroatoms. The molecule has 0 aliphatic carbocycles. The van der Waals surface area contributed by atoms with Crippen LogP contribution in [0.25, 0.3) is 11.0 Å². The number of anilines is 1. The number of carbonyl (C=O) groups is 1. The van der Waals surface area contributed by atoms with E-state index in [1.807, 2.05) is 62.4 Å². The Bertz CT molecular complexity index is 959. The summed E-state index contributed by atoms with van der Waals surface area (Å²) < 4.78 is 11.6. The third-order valence-electron chi connectivity index (χ3n) is 5.64. The van der Waals surface area contributed by atoms with Crippen molar-refractivity contribution in [3.8, 4) is 5.75 Å². The monoisotopic (exact) mass is 408 g/mol. The van der Waals surface area contributed by atoms with Gasteiger partial charge in [0.1, 0.15) is 17.1 Å². The highest BCUT2D eigenvalue weighted by Gasteiger charge is 2.25. The average molecular weight is 409 g/mol. The predicted molar refractivity (Wildman–Crippen MR) is 118 cm³/mol. The Morgan fingerprint density at radius 1 is 1.17 bits per heavy atom. The Balaban J connectivity index is 1.29. The van der Waals surface area contributed by atoms with Crippen LogP contribution >= 0.6 is 0 Å². The Kier molecular flexibility index (Phi) is 6.23. The molecule has 4 rings (SSSR count). The lowest BCUT2D eigenvalue weighted by Gasteiger charge is -2.34. The number of carbonyl (C=O) groups excluding carboxylic acids is 1. The summed E-state index contributed by atoms with van der Waals surface area (Å²) in [4.78, 5) is 16.2. The lowest BCUT2D eigenvalue weighted by atomic mass is 10.2. The minimum atomic E-state index is -0.149. The van der Waals surface area contributed by atoms with E-state index >= 15 is 0 Å². The van der Waals surface area contributed by atoms with E-state index in [9.17, 15) is 4.79 Å². The molecule has 1 saturated heterocycles. The number of hydrogen-bond acceptors (Lipinski definition) is 4. The fourth-order valence-electron chi connectivity index (χ4n) is 4.04. The number of nitrogens with one attached hydrogen (secondary N) is 2. The normalized spacial score (nSPS) is 15.9. The average Bonchev–Trinajstić information content (AvgIpc) is 3.20. The van der Waals surface area contributed by atoms with Gasteiger partial charge < -0.3 is 24.3 Å². The first-order chi connectivity index (χ1) is 14.6. The fourth-order valence-corrected chi connectivity index (χ4v) is 4.04. The van der Waals surface area contributed by atoms with Crippen molar-refractivity contribution in [2.45, 2.75) is 19.9 Å². The standard InChI is InChI=1S/C24H29N3O3/c1-3-29-22-11-7-5-9-20(22)27-14-12-26(13-15-27)17-24(28)25-18(2)23-16-19-8-4-6-10-21(19)30-23/h4-11,16,18H,3,12-15,17H2,1-2H3,(H,25,28)/p+1/t18-/m1/s1. The van der Waals surface area contributed by atoms with Gasteiger partial charge in [0.05, 0.1) is 44.5 Å². The van der Waals surface area contributed by atoms with Crippen LogP contribution in [-0.2, 0) is 4.79 Å². The Morgan fingerprint density at radius 3 is 2.67 bits per heavy atom. The van der Waals surface area contributed by atoms with Gasteiger partial charge in [0, 0.05) is 5.39 Å². The number of furan rings is 1. The lowest BCUT2D eigenvalue weighted by Crippen LogP contribution is -3.15. The number of quaternary nitrogens is 1. The van der Waals surface area contributed by atoms with Crippen molar-refractivity contribution in [3.63, 3.8) is 0 Å². The number of amides is 1. The molecule has 0 radical (unpaired) electrons. The number of hydrogen-bond donors (Lipinski definition) is 2. The summed E-state index contributed by atoms with van der Waals surface area (Å²) in [7, 11) is 0. The molecule has 1 atom stereocenters. The van der Waals surface area contributed by atoms with Crippen LogP contribution in [0, 0.1) is 0 Å². The van der Waals surface area contributed by atoms with Gasteiger partial charge in [-0.2, -0.15) is 0 Å². The summed E-state index contributed by atoms with van der Waals surface area (Å²) in [6, 6.07) is 17.9. The number of piperazine rings is 1. The van der Waals surface area contributed by atoms with E-state index in [-0.39, 0.29) is 11.9 Å². The predicted octanol–water partition coefficient (Wildman–Crippen LogP) is 2.41. The molecule has 6 nitrogen and oxygen atoms in total. The van der Waals surface area contributed by atoms with Crippen LogP contribution < -0.4 is 19.9 Å². The number of nitrogens with zero attached hydrogens (tertiary/aromatic N) is 1. The van der Waals surface area contributed by atoms with Crippen LogP contribution in [0.3, 0.4) is 0 Å². The van der Waals surface area contributed by atoms with Crippen LogP contribution in [-0.4, -0.2) is 45.2 Å². The zero-order valence-corrected chi connectivity index (χ0v) is 17.7. The Hall–Kier alpha value is -2.99. The summed E-state index contributed by atoms with van der Waals surface area (Å²) >= 11 is 0. The summed E-state index contributed by atoms with van der Waals surface area (Å²) in [6.45, 7) is 8.77. The van der Waals surface area contributed by atoms with E-state index in [1.165, 1.54) is 4.90 Å². The molecule has 0 saturated carbocycles. The molecular weight excluding hydrogens is 378 g/mol. The Labute approximate surface area is 177 Å². The fraction of sp³-hybridized carbons (Fsp3) is 0.375. The van der Waals surface area contributed by atoms with Gasteiger partial charge in [-0.05, 0) is 38.1 Å². The van der Waals surface area contributed by atoms with Crippen molar-refractivity contribution in [1.82, 2.24) is 5.32 Å². The molecule has 2 aromatic carbocycles. The number of rotatable bonds is 7. The number of fused-ring (bicyclic) bond motifs is 1. The van der Waals surface area contributed by atoms with Crippen molar-refractivity contribution in [3.05, 3.63) is 60.4 Å². The lowest BCUT2D eigenvalue weighted by molar-refractivity contribution is -0.892. The van der Waals surface area contributed by atoms with Crippen molar-refractivity contribution < 1.29 is 18.8 Å². The minimum absolute atomic E-state index is 0.0566. The van der Waals surface area contributed by atoms with Crippen molar-refractivity contribution in [2.24, 2.45) is 0 Å². The van der Waals surface area contributed by atoms with E-state index in [4.69, 9.17) is 9.15 Å². The van der Waals surface area contributed by atoms with E-state index in [1.54, 1.807) is 0 Å². The maximum Gasteiger partial charge on any atom is 0.275 e.